The van der Waals surface area contributed by atoms with E-state index in [1.165, 1.54) is 12.1 Å². The minimum Gasteiger partial charge on any atom is -0.465 e. The quantitative estimate of drug-likeness (QED) is 0.230. The first kappa shape index (κ1) is 22.5. The Bertz CT molecular complexity index is 783. The van der Waals surface area contributed by atoms with Gasteiger partial charge in [-0.05, 0) is 31.2 Å². The topological polar surface area (TPSA) is 92.3 Å². The van der Waals surface area contributed by atoms with Crippen LogP contribution in [0.1, 0.15) is 6.92 Å². The fraction of sp³-hybridized carbons (Fsp3) is 0.235. The zero-order chi connectivity index (χ0) is 20.4. The van der Waals surface area contributed by atoms with E-state index in [0.717, 1.165) is 0 Å². The third-order valence-corrected chi connectivity index (χ3v) is 4.65. The molecule has 0 aromatic heterocycles. The maximum atomic E-state index is 12.9. The Kier molecular flexibility index (Phi) is 9.05. The van der Waals surface area contributed by atoms with Gasteiger partial charge in [-0.1, -0.05) is 44.7 Å². The lowest BCUT2D eigenvalue weighted by Gasteiger charge is -2.17. The Labute approximate surface area is 172 Å². The van der Waals surface area contributed by atoms with Crippen molar-refractivity contribution in [2.75, 3.05) is 19.4 Å². The minimum absolute atomic E-state index is 0.199. The number of nitrogens with one attached hydrogen (secondary N) is 1. The lowest BCUT2D eigenvalue weighted by molar-refractivity contribution is -0.171. The van der Waals surface area contributed by atoms with Crippen molar-refractivity contribution in [1.82, 2.24) is 5.32 Å². The van der Waals surface area contributed by atoms with Crippen molar-refractivity contribution in [2.45, 2.75) is 6.92 Å². The van der Waals surface area contributed by atoms with E-state index in [9.17, 15) is 9.36 Å². The van der Waals surface area contributed by atoms with Crippen LogP contribution in [0, 0.1) is 0 Å². The van der Waals surface area contributed by atoms with E-state index in [-0.39, 0.29) is 24.7 Å². The lowest BCUT2D eigenvalue weighted by Crippen LogP contribution is -2.27. The van der Waals surface area contributed by atoms with Crippen LogP contribution in [-0.2, 0) is 23.4 Å². The zero-order valence-corrected chi connectivity index (χ0v) is 17.2. The van der Waals surface area contributed by atoms with Gasteiger partial charge in [0.15, 0.2) is 11.5 Å². The number of halogens is 2. The Morgan fingerprint density at radius 1 is 1.00 bits per heavy atom. The van der Waals surface area contributed by atoms with Gasteiger partial charge in [0.1, 0.15) is 6.29 Å². The first-order valence-corrected chi connectivity index (χ1v) is 10.6. The molecular weight excluding hydrogens is 432 g/mol. The molecule has 0 saturated heterocycles. The van der Waals surface area contributed by atoms with Crippen molar-refractivity contribution < 1.29 is 33.2 Å². The van der Waals surface area contributed by atoms with Gasteiger partial charge in [-0.25, -0.2) is 0 Å². The molecule has 152 valence electrons. The predicted molar refractivity (Wildman–Crippen MR) is 103 cm³/mol. The summed E-state index contributed by atoms with van der Waals surface area (Å²) in [5, 5.41) is 3.40. The number of hydrogen-bond acceptors (Lipinski definition) is 8. The van der Waals surface area contributed by atoms with Crippen LogP contribution in [0.4, 0.5) is 0 Å². The molecule has 2 aromatic rings. The van der Waals surface area contributed by atoms with Crippen molar-refractivity contribution in [3.05, 3.63) is 58.6 Å². The number of benzene rings is 2. The second-order valence-corrected chi connectivity index (χ2v) is 7.94. The van der Waals surface area contributed by atoms with Crippen LogP contribution in [-0.4, -0.2) is 25.4 Å². The van der Waals surface area contributed by atoms with Crippen molar-refractivity contribution in [2.24, 2.45) is 0 Å². The smallest absolute Gasteiger partial charge is 0.418 e. The predicted octanol–water partition coefficient (Wildman–Crippen LogP) is 4.62. The van der Waals surface area contributed by atoms with Crippen LogP contribution < -0.4 is 15.1 Å². The van der Waals surface area contributed by atoms with Gasteiger partial charge < -0.3 is 14.5 Å². The Hall–Kier alpha value is -1.80. The summed E-state index contributed by atoms with van der Waals surface area (Å²) in [4.78, 5) is 21.5. The molecule has 2 rings (SSSR count). The summed E-state index contributed by atoms with van der Waals surface area (Å²) in [6, 6.07) is 12.5. The molecule has 11 heteroatoms. The van der Waals surface area contributed by atoms with E-state index in [4.69, 9.17) is 47.1 Å². The van der Waals surface area contributed by atoms with Gasteiger partial charge in [0.05, 0.1) is 13.2 Å². The third kappa shape index (κ3) is 8.06. The van der Waals surface area contributed by atoms with Crippen molar-refractivity contribution in [3.63, 3.8) is 0 Å². The van der Waals surface area contributed by atoms with Crippen LogP contribution in [0.3, 0.4) is 0 Å². The van der Waals surface area contributed by atoms with E-state index in [0.29, 0.717) is 10.0 Å². The van der Waals surface area contributed by atoms with E-state index in [1.54, 1.807) is 43.3 Å². The standard InChI is InChI=1S/C17H18Cl2NO7P/c1-2-23-17(21)11-20-12-28(22,26-24-15-7-3-5-13(18)9-15)27-25-16-8-4-6-14(19)10-16/h3-10,20H,2,11-12H2,1H3. The summed E-state index contributed by atoms with van der Waals surface area (Å²) < 4.78 is 27.6. The maximum absolute atomic E-state index is 12.9. The van der Waals surface area contributed by atoms with Gasteiger partial charge in [0, 0.05) is 22.2 Å². The molecule has 0 heterocycles. The molecule has 8 nitrogen and oxygen atoms in total. The number of carbonyl (C=O) groups is 1. The minimum atomic E-state index is -4.01. The molecule has 0 spiro atoms. The summed E-state index contributed by atoms with van der Waals surface area (Å²) >= 11 is 11.7. The van der Waals surface area contributed by atoms with Crippen molar-refractivity contribution >= 4 is 36.8 Å². The average Bonchev–Trinajstić information content (AvgIpc) is 2.65. The average molecular weight is 450 g/mol. The molecule has 0 atom stereocenters. The molecule has 0 bridgehead atoms. The largest absolute Gasteiger partial charge is 0.465 e. The van der Waals surface area contributed by atoms with E-state index >= 15 is 0 Å². The summed E-state index contributed by atoms with van der Waals surface area (Å²) in [6.45, 7) is 1.69. The highest BCUT2D eigenvalue weighted by atomic mass is 35.5. The maximum Gasteiger partial charge on any atom is 0.418 e. The molecule has 0 saturated carbocycles. The van der Waals surface area contributed by atoms with Crippen molar-refractivity contribution in [1.29, 1.82) is 0 Å². The van der Waals surface area contributed by atoms with Crippen LogP contribution in [0.15, 0.2) is 48.5 Å². The zero-order valence-electron chi connectivity index (χ0n) is 14.8. The first-order valence-electron chi connectivity index (χ1n) is 8.09. The monoisotopic (exact) mass is 449 g/mol. The van der Waals surface area contributed by atoms with Gasteiger partial charge in [-0.15, -0.1) is 0 Å². The second kappa shape index (κ2) is 11.3. The fourth-order valence-corrected chi connectivity index (χ4v) is 3.09. The Morgan fingerprint density at radius 2 is 1.54 bits per heavy atom. The van der Waals surface area contributed by atoms with Gasteiger partial charge in [0.2, 0.25) is 0 Å². The molecule has 0 radical (unpaired) electrons. The van der Waals surface area contributed by atoms with Gasteiger partial charge in [-0.2, -0.15) is 0 Å². The number of carbonyl (C=O) groups excluding carboxylic acids is 1. The molecule has 0 aliphatic heterocycles. The molecule has 0 amide bonds. The molecule has 2 aromatic carbocycles. The highest BCUT2D eigenvalue weighted by Crippen LogP contribution is 2.47. The van der Waals surface area contributed by atoms with Gasteiger partial charge in [0.25, 0.3) is 0 Å². The van der Waals surface area contributed by atoms with E-state index < -0.39 is 19.9 Å². The van der Waals surface area contributed by atoms with Crippen LogP contribution in [0.25, 0.3) is 0 Å². The van der Waals surface area contributed by atoms with E-state index in [1.807, 2.05) is 0 Å². The highest BCUT2D eigenvalue weighted by Gasteiger charge is 2.30. The molecule has 28 heavy (non-hydrogen) atoms. The molecule has 0 aliphatic carbocycles. The molecular formula is C17H18Cl2NO7P. The van der Waals surface area contributed by atoms with Gasteiger partial charge in [-0.3, -0.25) is 14.7 Å². The first-order chi connectivity index (χ1) is 13.4. The highest BCUT2D eigenvalue weighted by molar-refractivity contribution is 7.53. The Balaban J connectivity index is 2.00. The number of ether oxygens (including phenoxy) is 1. The normalized spacial score (nSPS) is 11.1. The number of rotatable bonds is 11. The summed E-state index contributed by atoms with van der Waals surface area (Å²) in [5.41, 5.74) is 0. The second-order valence-electron chi connectivity index (χ2n) is 5.23. The number of esters is 1. The fourth-order valence-electron chi connectivity index (χ4n) is 1.81. The molecule has 0 unspecified atom stereocenters. The third-order valence-electron chi connectivity index (χ3n) is 2.97. The summed E-state index contributed by atoms with van der Waals surface area (Å²) in [7, 11) is -4.01. The SMILES string of the molecule is CCOC(=O)CNCP(=O)(OOc1cccc(Cl)c1)OOc1cccc(Cl)c1. The summed E-state index contributed by atoms with van der Waals surface area (Å²) in [6.07, 6.45) is -0.396. The van der Waals surface area contributed by atoms with Crippen LogP contribution in [0.2, 0.25) is 10.0 Å². The summed E-state index contributed by atoms with van der Waals surface area (Å²) in [5.74, 6) is -0.130. The molecule has 0 fully saturated rings. The van der Waals surface area contributed by atoms with E-state index in [2.05, 4.69) is 5.32 Å². The lowest BCUT2D eigenvalue weighted by atomic mass is 10.3. The molecule has 1 N–H and O–H groups in total. The van der Waals surface area contributed by atoms with Crippen molar-refractivity contribution in [3.8, 4) is 11.5 Å². The Morgan fingerprint density at radius 3 is 2.00 bits per heavy atom. The van der Waals surface area contributed by atoms with Crippen LogP contribution in [0.5, 0.6) is 11.5 Å². The molecule has 0 aliphatic rings. The van der Waals surface area contributed by atoms with Gasteiger partial charge >= 0.3 is 13.6 Å². The number of hydrogen-bond donors (Lipinski definition) is 1. The van der Waals surface area contributed by atoms with Crippen LogP contribution >= 0.6 is 30.8 Å².